The average molecular weight is 489 g/mol. The van der Waals surface area contributed by atoms with E-state index in [1.165, 1.54) is 60.8 Å². The van der Waals surface area contributed by atoms with Crippen molar-refractivity contribution in [2.75, 3.05) is 0 Å². The molecule has 2 aliphatic carbocycles. The second-order valence-corrected chi connectivity index (χ2v) is 10.7. The maximum Gasteiger partial charge on any atom is 0.192 e. The molecule has 0 heterocycles. The van der Waals surface area contributed by atoms with E-state index in [2.05, 4.69) is 109 Å². The van der Waals surface area contributed by atoms with Crippen LogP contribution in [-0.2, 0) is 9.98 Å². The summed E-state index contributed by atoms with van der Waals surface area (Å²) in [5, 5.41) is 3.28. The second-order valence-electron chi connectivity index (χ2n) is 9.96. The van der Waals surface area contributed by atoms with Crippen LogP contribution in [0.3, 0.4) is 0 Å². The van der Waals surface area contributed by atoms with Crippen molar-refractivity contribution >= 4 is 24.5 Å². The largest absolute Gasteiger partial charge is 0.269 e. The molecule has 0 fully saturated rings. The van der Waals surface area contributed by atoms with E-state index in [0.717, 1.165) is 10.9 Å². The zero-order valence-electron chi connectivity index (χ0n) is 20.0. The minimum absolute atomic E-state index is 0.0405. The lowest BCUT2D eigenvalue weighted by Crippen LogP contribution is -2.25. The molecule has 0 bridgehead atoms. The molecule has 0 N–H and O–H groups in total. The van der Waals surface area contributed by atoms with Crippen molar-refractivity contribution in [3.05, 3.63) is 150 Å². The van der Waals surface area contributed by atoms with Crippen molar-refractivity contribution in [3.63, 3.8) is 0 Å². The molecule has 2 aliphatic rings. The van der Waals surface area contributed by atoms with E-state index in [9.17, 15) is 4.57 Å². The minimum Gasteiger partial charge on any atom is -0.269 e. The number of benzene rings is 6. The molecule has 0 unspecified atom stereocenters. The fraction of sp³-hybridized carbons (Fsp3) is 0.0286. The van der Waals surface area contributed by atoms with Gasteiger partial charge in [-0.15, -0.1) is 0 Å². The van der Waals surface area contributed by atoms with Gasteiger partial charge in [0.1, 0.15) is 0 Å². The minimum atomic E-state index is -0.383. The van der Waals surface area contributed by atoms with Crippen LogP contribution >= 0.6 is 8.46 Å². The van der Waals surface area contributed by atoms with Crippen LogP contribution < -0.4 is 5.30 Å². The van der Waals surface area contributed by atoms with E-state index in [1.807, 2.05) is 18.2 Å². The van der Waals surface area contributed by atoms with Crippen LogP contribution in [0.1, 0.15) is 22.3 Å². The van der Waals surface area contributed by atoms with E-state index >= 15 is 0 Å². The van der Waals surface area contributed by atoms with Crippen molar-refractivity contribution in [1.29, 1.82) is 0 Å². The summed E-state index contributed by atoms with van der Waals surface area (Å²) in [6.45, 7) is 0. The van der Waals surface area contributed by atoms with Crippen molar-refractivity contribution in [1.82, 2.24) is 0 Å². The highest BCUT2D eigenvalue weighted by molar-refractivity contribution is 7.34. The zero-order valence-corrected chi connectivity index (χ0v) is 20.9. The van der Waals surface area contributed by atoms with Gasteiger partial charge in [-0.3, -0.25) is 4.57 Å². The molecular weight excluding hydrogens is 467 g/mol. The third-order valence-electron chi connectivity index (χ3n) is 8.24. The Hall–Kier alpha value is -4.32. The summed E-state index contributed by atoms with van der Waals surface area (Å²) in [6, 6.07) is 46.1. The van der Waals surface area contributed by atoms with E-state index in [4.69, 9.17) is 0 Å². The van der Waals surface area contributed by atoms with Gasteiger partial charge in [-0.1, -0.05) is 103 Å². The molecule has 0 aliphatic heterocycles. The molecule has 0 amide bonds. The van der Waals surface area contributed by atoms with Crippen molar-refractivity contribution in [2.24, 2.45) is 0 Å². The normalized spacial score (nSPS) is 13.9. The molecule has 0 radical (unpaired) electrons. The first-order valence-corrected chi connectivity index (χ1v) is 13.4. The smallest absolute Gasteiger partial charge is 0.192 e. The Morgan fingerprint density at radius 2 is 1.05 bits per heavy atom. The van der Waals surface area contributed by atoms with Gasteiger partial charge in [0, 0.05) is 5.30 Å². The van der Waals surface area contributed by atoms with E-state index in [1.54, 1.807) is 0 Å². The lowest BCUT2D eigenvalue weighted by molar-refractivity contribution is 0.603. The first-order chi connectivity index (χ1) is 18.3. The molecule has 1 spiro atoms. The molecule has 0 saturated carbocycles. The number of rotatable bonds is 2. The molecular formula is C35H21OP. The fourth-order valence-electron chi connectivity index (χ4n) is 6.84. The monoisotopic (exact) mass is 488 g/mol. The Kier molecular flexibility index (Phi) is 4.27. The summed E-state index contributed by atoms with van der Waals surface area (Å²) in [5.74, 6) is 0. The third kappa shape index (κ3) is 2.65. The highest BCUT2D eigenvalue weighted by atomic mass is 31.1. The Labute approximate surface area is 217 Å². The number of hydrogen-bond acceptors (Lipinski definition) is 1. The van der Waals surface area contributed by atoms with Gasteiger partial charge in [0.05, 0.1) is 5.41 Å². The van der Waals surface area contributed by atoms with Crippen LogP contribution in [0.2, 0.25) is 0 Å². The van der Waals surface area contributed by atoms with Gasteiger partial charge in [-0.05, 0) is 90.7 Å². The Morgan fingerprint density at radius 3 is 1.78 bits per heavy atom. The second kappa shape index (κ2) is 7.59. The Morgan fingerprint density at radius 1 is 0.459 bits per heavy atom. The van der Waals surface area contributed by atoms with Gasteiger partial charge in [0.2, 0.25) is 0 Å². The third-order valence-corrected chi connectivity index (χ3v) is 8.73. The SMILES string of the molecule is O=Pc1cccc(-c2cccc3c2-c2cc4ccccc4cc2C32c3ccccc3-c3ccccc32)c1. The standard InChI is InChI=1S/C35H21OP/c36-37-25-12-7-11-24(19-25)26-15-8-18-32-34(26)29-20-22-9-1-2-10-23(22)21-33(29)35(32)30-16-5-3-13-27(30)28-14-4-6-17-31(28)35/h1-21H. The van der Waals surface area contributed by atoms with Crippen LogP contribution in [0.25, 0.3) is 44.2 Å². The van der Waals surface area contributed by atoms with E-state index < -0.39 is 0 Å². The van der Waals surface area contributed by atoms with Crippen molar-refractivity contribution < 1.29 is 4.57 Å². The summed E-state index contributed by atoms with van der Waals surface area (Å²) < 4.78 is 11.7. The van der Waals surface area contributed by atoms with Gasteiger partial charge in [-0.25, -0.2) is 0 Å². The predicted octanol–water partition coefficient (Wildman–Crippen LogP) is 8.77. The zero-order chi connectivity index (χ0) is 24.6. The van der Waals surface area contributed by atoms with E-state index in [0.29, 0.717) is 0 Å². The first-order valence-electron chi connectivity index (χ1n) is 12.6. The number of fused-ring (bicyclic) bond motifs is 11. The summed E-state index contributed by atoms with van der Waals surface area (Å²) in [4.78, 5) is 0. The van der Waals surface area contributed by atoms with Gasteiger partial charge in [-0.2, -0.15) is 0 Å². The maximum absolute atomic E-state index is 11.7. The predicted molar refractivity (Wildman–Crippen MR) is 153 cm³/mol. The molecule has 172 valence electrons. The van der Waals surface area contributed by atoms with Crippen molar-refractivity contribution in [2.45, 2.75) is 5.41 Å². The van der Waals surface area contributed by atoms with E-state index in [-0.39, 0.29) is 13.9 Å². The topological polar surface area (TPSA) is 17.1 Å². The quantitative estimate of drug-likeness (QED) is 0.222. The van der Waals surface area contributed by atoms with Gasteiger partial charge in [0.15, 0.2) is 8.46 Å². The summed E-state index contributed by atoms with van der Waals surface area (Å²) in [6.07, 6.45) is 0. The van der Waals surface area contributed by atoms with Crippen LogP contribution in [0.4, 0.5) is 0 Å². The molecule has 0 aromatic heterocycles. The molecule has 0 atom stereocenters. The fourth-order valence-corrected chi connectivity index (χ4v) is 7.18. The van der Waals surface area contributed by atoms with Crippen molar-refractivity contribution in [3.8, 4) is 33.4 Å². The number of hydrogen-bond donors (Lipinski definition) is 0. The lowest BCUT2D eigenvalue weighted by Gasteiger charge is -2.30. The first kappa shape index (κ1) is 20.8. The van der Waals surface area contributed by atoms with Crippen LogP contribution in [0, 0.1) is 0 Å². The Bertz CT molecular complexity index is 1870. The molecule has 6 aromatic carbocycles. The van der Waals surface area contributed by atoms with Crippen LogP contribution in [0.5, 0.6) is 0 Å². The van der Waals surface area contributed by atoms with Gasteiger partial charge >= 0.3 is 0 Å². The summed E-state index contributed by atoms with van der Waals surface area (Å²) >= 11 is 0. The summed E-state index contributed by atoms with van der Waals surface area (Å²) in [5.41, 5.74) is 12.4. The molecule has 37 heavy (non-hydrogen) atoms. The highest BCUT2D eigenvalue weighted by Gasteiger charge is 2.52. The molecule has 8 rings (SSSR count). The molecule has 6 aromatic rings. The average Bonchev–Trinajstić information content (AvgIpc) is 3.43. The molecule has 2 heteroatoms. The molecule has 1 nitrogen and oxygen atoms in total. The van der Waals surface area contributed by atoms with Crippen LogP contribution in [0.15, 0.2) is 127 Å². The lowest BCUT2D eigenvalue weighted by atomic mass is 9.70. The summed E-state index contributed by atoms with van der Waals surface area (Å²) in [7, 11) is 0.0405. The van der Waals surface area contributed by atoms with Gasteiger partial charge < -0.3 is 0 Å². The maximum atomic E-state index is 11.7. The molecule has 0 saturated heterocycles. The highest BCUT2D eigenvalue weighted by Crippen LogP contribution is 2.64. The van der Waals surface area contributed by atoms with Gasteiger partial charge in [0.25, 0.3) is 0 Å². The Balaban J connectivity index is 1.58. The van der Waals surface area contributed by atoms with Crippen LogP contribution in [-0.4, -0.2) is 0 Å².